The molecule has 2 heterocycles. The van der Waals surface area contributed by atoms with Crippen LogP contribution >= 0.6 is 0 Å². The Bertz CT molecular complexity index is 1130. The maximum atomic E-state index is 12.5. The molecule has 0 atom stereocenters. The third kappa shape index (κ3) is 3.74. The van der Waals surface area contributed by atoms with Gasteiger partial charge >= 0.3 is 0 Å². The van der Waals surface area contributed by atoms with E-state index in [0.717, 1.165) is 22.4 Å². The standard InChI is InChI=1S/C23H21N3O4/c1-3-15-5-7-16(8-6-15)19-13-21(30-25-19)24-20(27)10-11-26-22(28)17-9-4-14(2)12-18(17)23(26)29/h4-9,12-13H,3,10-11H2,1-2H3,(H,24,27). The molecule has 0 aliphatic carbocycles. The molecule has 3 aromatic rings. The van der Waals surface area contributed by atoms with Gasteiger partial charge in [-0.1, -0.05) is 48.0 Å². The van der Waals surface area contributed by atoms with Gasteiger partial charge in [0.05, 0.1) is 11.1 Å². The molecule has 152 valence electrons. The van der Waals surface area contributed by atoms with Gasteiger partial charge in [0.2, 0.25) is 11.8 Å². The van der Waals surface area contributed by atoms with Crippen molar-refractivity contribution >= 4 is 23.6 Å². The van der Waals surface area contributed by atoms with E-state index in [0.29, 0.717) is 16.8 Å². The predicted molar refractivity (Wildman–Crippen MR) is 111 cm³/mol. The maximum absolute atomic E-state index is 12.5. The summed E-state index contributed by atoms with van der Waals surface area (Å²) in [7, 11) is 0. The van der Waals surface area contributed by atoms with Crippen LogP contribution in [0.3, 0.4) is 0 Å². The zero-order valence-corrected chi connectivity index (χ0v) is 16.8. The van der Waals surface area contributed by atoms with Gasteiger partial charge in [0, 0.05) is 24.6 Å². The zero-order chi connectivity index (χ0) is 21.3. The average molecular weight is 403 g/mol. The number of anilines is 1. The number of benzene rings is 2. The molecule has 7 nitrogen and oxygen atoms in total. The van der Waals surface area contributed by atoms with Gasteiger partial charge in [-0.2, -0.15) is 0 Å². The highest BCUT2D eigenvalue weighted by molar-refractivity contribution is 6.21. The summed E-state index contributed by atoms with van der Waals surface area (Å²) in [5.41, 5.74) is 4.38. The van der Waals surface area contributed by atoms with E-state index in [1.807, 2.05) is 31.2 Å². The van der Waals surface area contributed by atoms with Crippen LogP contribution in [0.1, 0.15) is 45.2 Å². The third-order valence-corrected chi connectivity index (χ3v) is 5.12. The number of rotatable bonds is 6. The van der Waals surface area contributed by atoms with E-state index in [2.05, 4.69) is 17.4 Å². The summed E-state index contributed by atoms with van der Waals surface area (Å²) >= 11 is 0. The van der Waals surface area contributed by atoms with Crippen molar-refractivity contribution in [2.75, 3.05) is 11.9 Å². The largest absolute Gasteiger partial charge is 0.338 e. The van der Waals surface area contributed by atoms with Crippen molar-refractivity contribution in [3.8, 4) is 11.3 Å². The van der Waals surface area contributed by atoms with Gasteiger partial charge in [-0.15, -0.1) is 0 Å². The second-order valence-electron chi connectivity index (χ2n) is 7.24. The number of carbonyl (C=O) groups is 3. The van der Waals surface area contributed by atoms with Crippen LogP contribution in [0.15, 0.2) is 53.1 Å². The molecule has 0 spiro atoms. The minimum atomic E-state index is -0.375. The van der Waals surface area contributed by atoms with E-state index in [9.17, 15) is 14.4 Å². The molecule has 2 aromatic carbocycles. The number of nitrogens with zero attached hydrogens (tertiary/aromatic N) is 2. The van der Waals surface area contributed by atoms with E-state index >= 15 is 0 Å². The predicted octanol–water partition coefficient (Wildman–Crippen LogP) is 3.84. The third-order valence-electron chi connectivity index (χ3n) is 5.12. The van der Waals surface area contributed by atoms with E-state index in [1.54, 1.807) is 24.3 Å². The first kappa shape index (κ1) is 19.6. The Kier molecular flexibility index (Phi) is 5.18. The second-order valence-corrected chi connectivity index (χ2v) is 7.24. The first-order chi connectivity index (χ1) is 14.5. The van der Waals surface area contributed by atoms with Crippen molar-refractivity contribution in [3.05, 3.63) is 70.8 Å². The molecule has 1 aliphatic heterocycles. The Morgan fingerprint density at radius 1 is 1.03 bits per heavy atom. The van der Waals surface area contributed by atoms with E-state index in [-0.39, 0.29) is 36.6 Å². The van der Waals surface area contributed by atoms with Crippen LogP contribution in [0.25, 0.3) is 11.3 Å². The Hall–Kier alpha value is -3.74. The molecule has 0 bridgehead atoms. The molecule has 1 aromatic heterocycles. The Balaban J connectivity index is 1.36. The van der Waals surface area contributed by atoms with Crippen molar-refractivity contribution in [3.63, 3.8) is 0 Å². The molecule has 0 radical (unpaired) electrons. The van der Waals surface area contributed by atoms with Crippen LogP contribution in [-0.2, 0) is 11.2 Å². The van der Waals surface area contributed by atoms with E-state index in [1.165, 1.54) is 5.56 Å². The molecule has 1 N–H and O–H groups in total. The molecule has 1 aliphatic rings. The lowest BCUT2D eigenvalue weighted by atomic mass is 10.1. The Morgan fingerprint density at radius 3 is 2.50 bits per heavy atom. The number of hydrogen-bond donors (Lipinski definition) is 1. The summed E-state index contributed by atoms with van der Waals surface area (Å²) < 4.78 is 5.19. The summed E-state index contributed by atoms with van der Waals surface area (Å²) in [6, 6.07) is 14.7. The van der Waals surface area contributed by atoms with Gasteiger partial charge in [0.1, 0.15) is 5.69 Å². The van der Waals surface area contributed by atoms with Gasteiger partial charge in [-0.05, 0) is 31.0 Å². The Morgan fingerprint density at radius 2 is 1.77 bits per heavy atom. The van der Waals surface area contributed by atoms with E-state index in [4.69, 9.17) is 4.52 Å². The lowest BCUT2D eigenvalue weighted by molar-refractivity contribution is -0.116. The number of hydrogen-bond acceptors (Lipinski definition) is 5. The lowest BCUT2D eigenvalue weighted by Crippen LogP contribution is -2.32. The van der Waals surface area contributed by atoms with Crippen LogP contribution in [0, 0.1) is 6.92 Å². The van der Waals surface area contributed by atoms with Crippen LogP contribution in [0.4, 0.5) is 5.88 Å². The molecule has 3 amide bonds. The fraction of sp³-hybridized carbons (Fsp3) is 0.217. The number of amides is 3. The van der Waals surface area contributed by atoms with E-state index < -0.39 is 0 Å². The smallest absolute Gasteiger partial charge is 0.261 e. The Labute approximate surface area is 173 Å². The van der Waals surface area contributed by atoms with Crippen LogP contribution in [0.5, 0.6) is 0 Å². The number of nitrogens with one attached hydrogen (secondary N) is 1. The lowest BCUT2D eigenvalue weighted by Gasteiger charge is -2.12. The fourth-order valence-electron chi connectivity index (χ4n) is 3.40. The topological polar surface area (TPSA) is 92.5 Å². The molecule has 4 rings (SSSR count). The normalized spacial score (nSPS) is 12.9. The quantitative estimate of drug-likeness (QED) is 0.632. The van der Waals surface area contributed by atoms with Gasteiger partial charge in [-0.25, -0.2) is 0 Å². The summed E-state index contributed by atoms with van der Waals surface area (Å²) in [4.78, 5) is 38.3. The number of imide groups is 1. The van der Waals surface area contributed by atoms with Crippen LogP contribution in [0.2, 0.25) is 0 Å². The molecule has 0 saturated carbocycles. The number of fused-ring (bicyclic) bond motifs is 1. The minimum Gasteiger partial charge on any atom is -0.338 e. The molecular weight excluding hydrogens is 382 g/mol. The number of carbonyl (C=O) groups excluding carboxylic acids is 3. The summed E-state index contributed by atoms with van der Waals surface area (Å²) in [6.07, 6.45) is 0.915. The number of aromatic nitrogens is 1. The summed E-state index contributed by atoms with van der Waals surface area (Å²) in [5.74, 6) is -0.899. The van der Waals surface area contributed by atoms with Crippen molar-refractivity contribution in [2.24, 2.45) is 0 Å². The fourth-order valence-corrected chi connectivity index (χ4v) is 3.40. The monoisotopic (exact) mass is 403 g/mol. The van der Waals surface area contributed by atoms with Gasteiger partial charge in [-0.3, -0.25) is 24.6 Å². The highest BCUT2D eigenvalue weighted by atomic mass is 16.5. The first-order valence-electron chi connectivity index (χ1n) is 9.79. The number of aryl methyl sites for hydroxylation is 2. The van der Waals surface area contributed by atoms with Crippen molar-refractivity contribution < 1.29 is 18.9 Å². The maximum Gasteiger partial charge on any atom is 0.261 e. The molecule has 7 heteroatoms. The molecule has 0 fully saturated rings. The van der Waals surface area contributed by atoms with Crippen LogP contribution in [-0.4, -0.2) is 34.3 Å². The molecular formula is C23H21N3O4. The zero-order valence-electron chi connectivity index (χ0n) is 16.8. The van der Waals surface area contributed by atoms with Crippen LogP contribution < -0.4 is 5.32 Å². The SMILES string of the molecule is CCc1ccc(-c2cc(NC(=O)CCN3C(=O)c4ccc(C)cc4C3=O)on2)cc1. The van der Waals surface area contributed by atoms with Crippen molar-refractivity contribution in [1.82, 2.24) is 10.1 Å². The minimum absolute atomic E-state index is 0.00327. The van der Waals surface area contributed by atoms with Crippen molar-refractivity contribution in [2.45, 2.75) is 26.7 Å². The summed E-state index contributed by atoms with van der Waals surface area (Å²) in [5, 5.41) is 6.60. The van der Waals surface area contributed by atoms with Crippen molar-refractivity contribution in [1.29, 1.82) is 0 Å². The highest BCUT2D eigenvalue weighted by Crippen LogP contribution is 2.25. The van der Waals surface area contributed by atoms with Gasteiger partial charge in [0.15, 0.2) is 0 Å². The average Bonchev–Trinajstić information content (AvgIpc) is 3.30. The molecule has 0 unspecified atom stereocenters. The molecule has 30 heavy (non-hydrogen) atoms. The molecule has 0 saturated heterocycles. The van der Waals surface area contributed by atoms with Gasteiger partial charge in [0.25, 0.3) is 11.8 Å². The first-order valence-corrected chi connectivity index (χ1v) is 9.79. The summed E-state index contributed by atoms with van der Waals surface area (Å²) in [6.45, 7) is 3.94. The van der Waals surface area contributed by atoms with Gasteiger partial charge < -0.3 is 4.52 Å². The second kappa shape index (κ2) is 7.94. The highest BCUT2D eigenvalue weighted by Gasteiger charge is 2.35.